The van der Waals surface area contributed by atoms with Crippen molar-refractivity contribution in [3.63, 3.8) is 0 Å². The third-order valence-corrected chi connectivity index (χ3v) is 3.88. The van der Waals surface area contributed by atoms with E-state index in [1.807, 2.05) is 0 Å². The zero-order chi connectivity index (χ0) is 14.7. The van der Waals surface area contributed by atoms with Crippen molar-refractivity contribution in [1.29, 1.82) is 0 Å². The third kappa shape index (κ3) is 3.00. The maximum atomic E-state index is 12.1. The Morgan fingerprint density at radius 2 is 2.10 bits per heavy atom. The Hall–Kier alpha value is -1.86. The van der Waals surface area contributed by atoms with Gasteiger partial charge in [0.05, 0.1) is 18.4 Å². The van der Waals surface area contributed by atoms with Gasteiger partial charge in [0.15, 0.2) is 0 Å². The van der Waals surface area contributed by atoms with Crippen LogP contribution < -0.4 is 5.32 Å². The van der Waals surface area contributed by atoms with Crippen molar-refractivity contribution in [2.24, 2.45) is 0 Å². The van der Waals surface area contributed by atoms with Gasteiger partial charge in [0.1, 0.15) is 10.6 Å². The largest absolute Gasteiger partial charge is 0.507 e. The van der Waals surface area contributed by atoms with E-state index in [4.69, 9.17) is 0 Å². The van der Waals surface area contributed by atoms with Crippen LogP contribution in [0.1, 0.15) is 20.0 Å². The summed E-state index contributed by atoms with van der Waals surface area (Å²) in [7, 11) is 1.27. The molecule has 0 saturated heterocycles. The number of ether oxygens (including phenoxy) is 1. The van der Waals surface area contributed by atoms with Crippen LogP contribution >= 0.6 is 27.3 Å². The van der Waals surface area contributed by atoms with Gasteiger partial charge in [-0.15, -0.1) is 11.3 Å². The van der Waals surface area contributed by atoms with Gasteiger partial charge in [-0.3, -0.25) is 4.79 Å². The molecule has 0 spiro atoms. The number of hydrogen-bond acceptors (Lipinski definition) is 5. The number of esters is 1. The summed E-state index contributed by atoms with van der Waals surface area (Å²) >= 11 is 4.36. The molecule has 0 unspecified atom stereocenters. The van der Waals surface area contributed by atoms with E-state index in [0.717, 1.165) is 0 Å². The first-order chi connectivity index (χ1) is 9.52. The summed E-state index contributed by atoms with van der Waals surface area (Å²) in [5.74, 6) is -1.17. The van der Waals surface area contributed by atoms with Crippen molar-refractivity contribution in [2.45, 2.75) is 0 Å². The highest BCUT2D eigenvalue weighted by atomic mass is 79.9. The number of phenols is 1. The molecule has 0 atom stereocenters. The van der Waals surface area contributed by atoms with Gasteiger partial charge in [0, 0.05) is 4.47 Å². The predicted molar refractivity (Wildman–Crippen MR) is 79.4 cm³/mol. The normalized spacial score (nSPS) is 10.1. The third-order valence-electron chi connectivity index (χ3n) is 2.49. The molecule has 0 aliphatic carbocycles. The fourth-order valence-electron chi connectivity index (χ4n) is 1.54. The summed E-state index contributed by atoms with van der Waals surface area (Å²) in [6.07, 6.45) is 0. The summed E-state index contributed by atoms with van der Waals surface area (Å²) < 4.78 is 5.29. The molecule has 1 aromatic carbocycles. The van der Waals surface area contributed by atoms with Crippen LogP contribution in [0.15, 0.2) is 34.1 Å². The molecule has 0 aliphatic rings. The van der Waals surface area contributed by atoms with Crippen molar-refractivity contribution >= 4 is 44.8 Å². The maximum absolute atomic E-state index is 12.1. The molecule has 1 aromatic heterocycles. The highest BCUT2D eigenvalue weighted by Crippen LogP contribution is 2.26. The second kappa shape index (κ2) is 6.06. The molecule has 1 heterocycles. The highest BCUT2D eigenvalue weighted by molar-refractivity contribution is 9.10. The molecule has 5 nitrogen and oxygen atoms in total. The van der Waals surface area contributed by atoms with E-state index in [1.54, 1.807) is 17.5 Å². The molecule has 0 bridgehead atoms. The molecule has 20 heavy (non-hydrogen) atoms. The van der Waals surface area contributed by atoms with Gasteiger partial charge in [-0.25, -0.2) is 4.79 Å². The standard InChI is InChI=1S/C13H10BrNO4S/c1-19-13(18)11-9(4-5-20-11)15-12(17)8-3-2-7(14)6-10(8)16/h2-6,16H,1H3,(H,15,17). The van der Waals surface area contributed by atoms with Gasteiger partial charge in [-0.05, 0) is 29.6 Å². The van der Waals surface area contributed by atoms with Gasteiger partial charge in [-0.2, -0.15) is 0 Å². The Balaban J connectivity index is 2.24. The summed E-state index contributed by atoms with van der Waals surface area (Å²) in [6.45, 7) is 0. The number of phenolic OH excluding ortho intramolecular Hbond substituents is 1. The molecule has 0 saturated carbocycles. The van der Waals surface area contributed by atoms with Gasteiger partial charge >= 0.3 is 5.97 Å². The summed E-state index contributed by atoms with van der Waals surface area (Å²) in [6, 6.07) is 6.15. The smallest absolute Gasteiger partial charge is 0.350 e. The number of anilines is 1. The second-order valence-electron chi connectivity index (χ2n) is 3.77. The lowest BCUT2D eigenvalue weighted by atomic mass is 10.2. The van der Waals surface area contributed by atoms with Gasteiger partial charge < -0.3 is 15.2 Å². The number of amides is 1. The first-order valence-corrected chi connectivity index (χ1v) is 7.16. The molecule has 0 radical (unpaired) electrons. The Morgan fingerprint density at radius 1 is 1.35 bits per heavy atom. The molecular weight excluding hydrogens is 346 g/mol. The fraction of sp³-hybridized carbons (Fsp3) is 0.0769. The van der Waals surface area contributed by atoms with E-state index < -0.39 is 11.9 Å². The van der Waals surface area contributed by atoms with Crippen molar-refractivity contribution in [3.8, 4) is 5.75 Å². The molecular formula is C13H10BrNO4S. The van der Waals surface area contributed by atoms with E-state index in [9.17, 15) is 14.7 Å². The van der Waals surface area contributed by atoms with Gasteiger partial charge in [-0.1, -0.05) is 15.9 Å². The molecule has 0 aliphatic heterocycles. The lowest BCUT2D eigenvalue weighted by Gasteiger charge is -2.07. The summed E-state index contributed by atoms with van der Waals surface area (Å²) in [5, 5.41) is 14.0. The Bertz CT molecular complexity index is 668. The van der Waals surface area contributed by atoms with Crippen LogP contribution in [0.5, 0.6) is 5.75 Å². The van der Waals surface area contributed by atoms with E-state index >= 15 is 0 Å². The number of aromatic hydroxyl groups is 1. The molecule has 7 heteroatoms. The van der Waals surface area contributed by atoms with Crippen LogP contribution in [0.4, 0.5) is 5.69 Å². The average molecular weight is 356 g/mol. The lowest BCUT2D eigenvalue weighted by molar-refractivity contribution is 0.0607. The topological polar surface area (TPSA) is 75.6 Å². The van der Waals surface area contributed by atoms with Crippen LogP contribution in [-0.2, 0) is 4.74 Å². The number of nitrogens with one attached hydrogen (secondary N) is 1. The fourth-order valence-corrected chi connectivity index (χ4v) is 2.66. The van der Waals surface area contributed by atoms with Gasteiger partial charge in [0.2, 0.25) is 0 Å². The van der Waals surface area contributed by atoms with Gasteiger partial charge in [0.25, 0.3) is 5.91 Å². The minimum Gasteiger partial charge on any atom is -0.507 e. The number of thiophene rings is 1. The highest BCUT2D eigenvalue weighted by Gasteiger charge is 2.18. The van der Waals surface area contributed by atoms with Crippen molar-refractivity contribution in [3.05, 3.63) is 44.6 Å². The second-order valence-corrected chi connectivity index (χ2v) is 5.60. The molecule has 2 N–H and O–H groups in total. The Morgan fingerprint density at radius 3 is 2.75 bits per heavy atom. The first kappa shape index (κ1) is 14.5. The van der Waals surface area contributed by atoms with Crippen molar-refractivity contribution < 1.29 is 19.4 Å². The lowest BCUT2D eigenvalue weighted by Crippen LogP contribution is -2.14. The first-order valence-electron chi connectivity index (χ1n) is 5.48. The van der Waals surface area contributed by atoms with Crippen molar-refractivity contribution in [2.75, 3.05) is 12.4 Å². The molecule has 1 amide bonds. The quantitative estimate of drug-likeness (QED) is 0.828. The molecule has 0 fully saturated rings. The predicted octanol–water partition coefficient (Wildman–Crippen LogP) is 3.26. The Kier molecular flexibility index (Phi) is 4.41. The zero-order valence-corrected chi connectivity index (χ0v) is 12.7. The summed E-state index contributed by atoms with van der Waals surface area (Å²) in [5.41, 5.74) is 0.476. The van der Waals surface area contributed by atoms with E-state index in [-0.39, 0.29) is 11.3 Å². The van der Waals surface area contributed by atoms with Crippen molar-refractivity contribution in [1.82, 2.24) is 0 Å². The number of carbonyl (C=O) groups is 2. The van der Waals surface area contributed by atoms with Crippen LogP contribution in [-0.4, -0.2) is 24.1 Å². The Labute approximate surface area is 127 Å². The minimum atomic E-state index is -0.518. The minimum absolute atomic E-state index is 0.121. The molecule has 2 aromatic rings. The number of benzene rings is 1. The molecule has 104 valence electrons. The maximum Gasteiger partial charge on any atom is 0.350 e. The average Bonchev–Trinajstić information content (AvgIpc) is 2.85. The van der Waals surface area contributed by atoms with E-state index in [2.05, 4.69) is 26.0 Å². The van der Waals surface area contributed by atoms with Crippen LogP contribution in [0.25, 0.3) is 0 Å². The van der Waals surface area contributed by atoms with Crippen LogP contribution in [0.2, 0.25) is 0 Å². The van der Waals surface area contributed by atoms with Crippen LogP contribution in [0.3, 0.4) is 0 Å². The summed E-state index contributed by atoms with van der Waals surface area (Å²) in [4.78, 5) is 23.9. The number of hydrogen-bond donors (Lipinski definition) is 2. The number of carbonyl (C=O) groups excluding carboxylic acids is 2. The van der Waals surface area contributed by atoms with Crippen LogP contribution in [0, 0.1) is 0 Å². The van der Waals surface area contributed by atoms with E-state index in [1.165, 1.54) is 30.6 Å². The van der Waals surface area contributed by atoms with E-state index in [0.29, 0.717) is 15.0 Å². The number of halogens is 1. The SMILES string of the molecule is COC(=O)c1sccc1NC(=O)c1ccc(Br)cc1O. The number of methoxy groups -OCH3 is 1. The zero-order valence-electron chi connectivity index (χ0n) is 10.3. The monoisotopic (exact) mass is 355 g/mol. The number of rotatable bonds is 3. The molecule has 2 rings (SSSR count).